The maximum absolute atomic E-state index is 13.6. The molecule has 1 atom stereocenters. The van der Waals surface area contributed by atoms with Crippen molar-refractivity contribution in [1.29, 1.82) is 0 Å². The summed E-state index contributed by atoms with van der Waals surface area (Å²) < 4.78 is 13.6. The molecule has 19 heavy (non-hydrogen) atoms. The van der Waals surface area contributed by atoms with E-state index in [4.69, 9.17) is 0 Å². The van der Waals surface area contributed by atoms with Gasteiger partial charge in [0.15, 0.2) is 0 Å². The number of hydrogen-bond acceptors (Lipinski definition) is 1. The average molecular weight is 265 g/mol. The van der Waals surface area contributed by atoms with Gasteiger partial charge in [-0.25, -0.2) is 4.39 Å². The molecule has 2 heteroatoms. The van der Waals surface area contributed by atoms with Crippen LogP contribution in [0, 0.1) is 18.7 Å². The zero-order valence-electron chi connectivity index (χ0n) is 12.8. The molecular formula is C17H28FN. The third-order valence-electron chi connectivity index (χ3n) is 3.79. The van der Waals surface area contributed by atoms with Crippen molar-refractivity contribution in [2.24, 2.45) is 5.92 Å². The van der Waals surface area contributed by atoms with Gasteiger partial charge in [0.05, 0.1) is 0 Å². The van der Waals surface area contributed by atoms with Gasteiger partial charge in [0.2, 0.25) is 0 Å². The Bertz CT molecular complexity index is 370. The van der Waals surface area contributed by atoms with Crippen LogP contribution in [0.3, 0.4) is 0 Å². The smallest absolute Gasteiger partial charge is 0.123 e. The molecule has 0 aliphatic carbocycles. The zero-order valence-corrected chi connectivity index (χ0v) is 12.8. The summed E-state index contributed by atoms with van der Waals surface area (Å²) >= 11 is 0. The first-order chi connectivity index (χ1) is 9.13. The fourth-order valence-corrected chi connectivity index (χ4v) is 2.92. The standard InChI is InChI=1S/C17H28FN/c1-5-8-14(9-6-2)17(19-7-3)16-12-15(18)11-10-13(16)4/h10-12,14,17,19H,5-9H2,1-4H3. The Hall–Kier alpha value is -0.890. The van der Waals surface area contributed by atoms with Crippen LogP contribution in [0.4, 0.5) is 4.39 Å². The second-order valence-electron chi connectivity index (χ2n) is 5.37. The van der Waals surface area contributed by atoms with Crippen LogP contribution in [0.1, 0.15) is 63.6 Å². The van der Waals surface area contributed by atoms with Gasteiger partial charge in [0.25, 0.3) is 0 Å². The van der Waals surface area contributed by atoms with Crippen LogP contribution in [-0.2, 0) is 0 Å². The van der Waals surface area contributed by atoms with Gasteiger partial charge in [-0.1, -0.05) is 39.7 Å². The minimum absolute atomic E-state index is 0.129. The van der Waals surface area contributed by atoms with Crippen LogP contribution in [-0.4, -0.2) is 6.54 Å². The van der Waals surface area contributed by atoms with Gasteiger partial charge in [-0.05, 0) is 55.5 Å². The maximum Gasteiger partial charge on any atom is 0.123 e. The number of hydrogen-bond donors (Lipinski definition) is 1. The highest BCUT2D eigenvalue weighted by atomic mass is 19.1. The molecular weight excluding hydrogens is 237 g/mol. The van der Waals surface area contributed by atoms with Crippen molar-refractivity contribution in [1.82, 2.24) is 5.32 Å². The van der Waals surface area contributed by atoms with Crippen molar-refractivity contribution in [3.63, 3.8) is 0 Å². The van der Waals surface area contributed by atoms with Crippen molar-refractivity contribution < 1.29 is 4.39 Å². The van der Waals surface area contributed by atoms with E-state index in [9.17, 15) is 4.39 Å². The summed E-state index contributed by atoms with van der Waals surface area (Å²) in [6.45, 7) is 9.57. The lowest BCUT2D eigenvalue weighted by molar-refractivity contribution is 0.318. The molecule has 1 aromatic carbocycles. The first-order valence-electron chi connectivity index (χ1n) is 7.63. The van der Waals surface area contributed by atoms with E-state index in [1.807, 2.05) is 6.07 Å². The lowest BCUT2D eigenvalue weighted by atomic mass is 9.84. The molecule has 0 aliphatic rings. The Morgan fingerprint density at radius 1 is 1.11 bits per heavy atom. The molecule has 0 saturated carbocycles. The predicted molar refractivity (Wildman–Crippen MR) is 80.9 cm³/mol. The number of rotatable bonds is 8. The van der Waals surface area contributed by atoms with E-state index in [0.717, 1.165) is 12.1 Å². The topological polar surface area (TPSA) is 12.0 Å². The minimum Gasteiger partial charge on any atom is -0.310 e. The Labute approximate surface area is 117 Å². The van der Waals surface area contributed by atoms with Crippen molar-refractivity contribution in [3.8, 4) is 0 Å². The van der Waals surface area contributed by atoms with Crippen molar-refractivity contribution >= 4 is 0 Å². The van der Waals surface area contributed by atoms with E-state index >= 15 is 0 Å². The molecule has 0 fully saturated rings. The molecule has 0 heterocycles. The van der Waals surface area contributed by atoms with Crippen molar-refractivity contribution in [2.75, 3.05) is 6.54 Å². The maximum atomic E-state index is 13.6. The highest BCUT2D eigenvalue weighted by Crippen LogP contribution is 2.31. The number of halogens is 1. The zero-order chi connectivity index (χ0) is 14.3. The summed E-state index contributed by atoms with van der Waals surface area (Å²) in [5.41, 5.74) is 2.32. The Kier molecular flexibility index (Phi) is 7.07. The minimum atomic E-state index is -0.129. The molecule has 0 amide bonds. The molecule has 0 aliphatic heterocycles. The molecule has 0 spiro atoms. The third-order valence-corrected chi connectivity index (χ3v) is 3.79. The molecule has 0 saturated heterocycles. The highest BCUT2D eigenvalue weighted by molar-refractivity contribution is 5.30. The summed E-state index contributed by atoms with van der Waals surface area (Å²) in [6, 6.07) is 5.43. The van der Waals surface area contributed by atoms with Crippen LogP contribution in [0.5, 0.6) is 0 Å². The van der Waals surface area contributed by atoms with Crippen molar-refractivity contribution in [2.45, 2.75) is 59.4 Å². The Morgan fingerprint density at radius 2 is 1.74 bits per heavy atom. The van der Waals surface area contributed by atoms with Crippen LogP contribution in [0.25, 0.3) is 0 Å². The normalized spacial score (nSPS) is 12.9. The van der Waals surface area contributed by atoms with Gasteiger partial charge in [0, 0.05) is 6.04 Å². The first kappa shape index (κ1) is 16.2. The fraction of sp³-hybridized carbons (Fsp3) is 0.647. The fourth-order valence-electron chi connectivity index (χ4n) is 2.92. The summed E-state index contributed by atoms with van der Waals surface area (Å²) in [5.74, 6) is 0.464. The molecule has 0 radical (unpaired) electrons. The van der Waals surface area contributed by atoms with Gasteiger partial charge in [0.1, 0.15) is 5.82 Å². The van der Waals surface area contributed by atoms with Crippen molar-refractivity contribution in [3.05, 3.63) is 35.1 Å². The Balaban J connectivity index is 3.05. The third kappa shape index (κ3) is 4.61. The molecule has 1 nitrogen and oxygen atoms in total. The van der Waals surface area contributed by atoms with Crippen LogP contribution < -0.4 is 5.32 Å². The monoisotopic (exact) mass is 265 g/mol. The SMILES string of the molecule is CCCC(CCC)C(NCC)c1cc(F)ccc1C. The van der Waals surface area contributed by atoms with E-state index in [0.29, 0.717) is 5.92 Å². The van der Waals surface area contributed by atoms with Crippen LogP contribution >= 0.6 is 0 Å². The molecule has 1 aromatic rings. The van der Waals surface area contributed by atoms with Gasteiger partial charge in [-0.15, -0.1) is 0 Å². The summed E-state index contributed by atoms with van der Waals surface area (Å²) in [4.78, 5) is 0. The summed E-state index contributed by atoms with van der Waals surface area (Å²) in [5, 5.41) is 3.57. The first-order valence-corrected chi connectivity index (χ1v) is 7.63. The van der Waals surface area contributed by atoms with Gasteiger partial charge >= 0.3 is 0 Å². The number of nitrogens with one attached hydrogen (secondary N) is 1. The van der Waals surface area contributed by atoms with Gasteiger partial charge in [-0.3, -0.25) is 0 Å². The molecule has 108 valence electrons. The van der Waals surface area contributed by atoms with E-state index in [1.54, 1.807) is 12.1 Å². The summed E-state index contributed by atoms with van der Waals surface area (Å²) in [7, 11) is 0. The lowest BCUT2D eigenvalue weighted by Crippen LogP contribution is -2.29. The van der Waals surface area contributed by atoms with E-state index in [1.165, 1.54) is 31.2 Å². The van der Waals surface area contributed by atoms with Gasteiger partial charge in [-0.2, -0.15) is 0 Å². The average Bonchev–Trinajstić information content (AvgIpc) is 2.39. The van der Waals surface area contributed by atoms with Gasteiger partial charge < -0.3 is 5.32 Å². The van der Waals surface area contributed by atoms with E-state index < -0.39 is 0 Å². The molecule has 1 rings (SSSR count). The van der Waals surface area contributed by atoms with Crippen LogP contribution in [0.2, 0.25) is 0 Å². The second kappa shape index (κ2) is 8.31. The lowest BCUT2D eigenvalue weighted by Gasteiger charge is -2.29. The van der Waals surface area contributed by atoms with Crippen LogP contribution in [0.15, 0.2) is 18.2 Å². The molecule has 1 unspecified atom stereocenters. The molecule has 0 aromatic heterocycles. The number of aryl methyl sites for hydroxylation is 1. The quantitative estimate of drug-likeness (QED) is 0.697. The van der Waals surface area contributed by atoms with E-state index in [2.05, 4.69) is 33.0 Å². The predicted octanol–water partition coefficient (Wildman–Crippen LogP) is 5.00. The molecule has 0 bridgehead atoms. The van der Waals surface area contributed by atoms with E-state index in [-0.39, 0.29) is 11.9 Å². The second-order valence-corrected chi connectivity index (χ2v) is 5.37. The Morgan fingerprint density at radius 3 is 2.26 bits per heavy atom. The summed E-state index contributed by atoms with van der Waals surface area (Å²) in [6.07, 6.45) is 4.75. The molecule has 1 N–H and O–H groups in total. The number of benzene rings is 1. The largest absolute Gasteiger partial charge is 0.310 e. The highest BCUT2D eigenvalue weighted by Gasteiger charge is 2.22.